The number of aromatic carboxylic acids is 1. The van der Waals surface area contributed by atoms with Crippen LogP contribution >= 0.6 is 27.5 Å². The Morgan fingerprint density at radius 3 is 2.61 bits per heavy atom. The van der Waals surface area contributed by atoms with Gasteiger partial charge in [0.15, 0.2) is 11.5 Å². The number of carbonyl (C=O) groups is 1. The van der Waals surface area contributed by atoms with Crippen LogP contribution in [0.25, 0.3) is 0 Å². The van der Waals surface area contributed by atoms with Crippen LogP contribution in [0.2, 0.25) is 5.02 Å². The highest BCUT2D eigenvalue weighted by Crippen LogP contribution is 2.27. The minimum absolute atomic E-state index is 0.101. The van der Waals surface area contributed by atoms with Crippen molar-refractivity contribution in [1.29, 1.82) is 0 Å². The van der Waals surface area contributed by atoms with Gasteiger partial charge in [-0.25, -0.2) is 4.79 Å². The Bertz CT molecular complexity index is 589. The molecule has 2 N–H and O–H groups in total. The van der Waals surface area contributed by atoms with E-state index < -0.39 is 5.97 Å². The van der Waals surface area contributed by atoms with E-state index in [1.54, 1.807) is 18.2 Å². The van der Waals surface area contributed by atoms with E-state index in [0.29, 0.717) is 10.8 Å². The third kappa shape index (κ3) is 2.96. The summed E-state index contributed by atoms with van der Waals surface area (Å²) in [5, 5.41) is 19.6. The molecule has 2 rings (SSSR count). The zero-order valence-corrected chi connectivity index (χ0v) is 11.2. The summed E-state index contributed by atoms with van der Waals surface area (Å²) >= 11 is 9.18. The average molecular weight is 329 g/mol. The van der Waals surface area contributed by atoms with E-state index in [2.05, 4.69) is 31.4 Å². The van der Waals surface area contributed by atoms with E-state index in [1.807, 2.05) is 0 Å². The van der Waals surface area contributed by atoms with Crippen molar-refractivity contribution in [3.63, 3.8) is 0 Å². The lowest BCUT2D eigenvalue weighted by molar-refractivity contribution is 0.0689. The molecule has 0 saturated carbocycles. The van der Waals surface area contributed by atoms with Crippen LogP contribution in [-0.4, -0.2) is 21.3 Å². The molecule has 1 aromatic carbocycles. The first-order chi connectivity index (χ1) is 8.56. The molecule has 0 bridgehead atoms. The van der Waals surface area contributed by atoms with Gasteiger partial charge in [-0.05, 0) is 46.3 Å². The molecule has 0 aliphatic heterocycles. The first kappa shape index (κ1) is 12.8. The monoisotopic (exact) mass is 327 g/mol. The van der Waals surface area contributed by atoms with Gasteiger partial charge in [-0.3, -0.25) is 0 Å². The zero-order valence-electron chi connectivity index (χ0n) is 8.89. The van der Waals surface area contributed by atoms with E-state index in [1.165, 1.54) is 12.1 Å². The number of aromatic nitrogens is 2. The number of rotatable bonds is 3. The molecule has 0 atom stereocenters. The second-order valence-corrected chi connectivity index (χ2v) is 4.65. The Morgan fingerprint density at radius 1 is 1.28 bits per heavy atom. The summed E-state index contributed by atoms with van der Waals surface area (Å²) < 4.78 is 0.777. The lowest BCUT2D eigenvalue weighted by Gasteiger charge is -2.07. The van der Waals surface area contributed by atoms with Crippen molar-refractivity contribution in [1.82, 2.24) is 10.2 Å². The standard InChI is InChI=1S/C11H7BrClN3O2/c12-7-5-6(13)1-2-8(7)14-10-4-3-9(11(17)18)15-16-10/h1-5H,(H,14,16)(H,17,18). The molecule has 1 heterocycles. The molecule has 0 aliphatic rings. The Morgan fingerprint density at radius 2 is 2.06 bits per heavy atom. The smallest absolute Gasteiger partial charge is 0.356 e. The van der Waals surface area contributed by atoms with Gasteiger partial charge in [-0.15, -0.1) is 10.2 Å². The van der Waals surface area contributed by atoms with Crippen LogP contribution in [0, 0.1) is 0 Å². The second-order valence-electron chi connectivity index (χ2n) is 3.36. The minimum Gasteiger partial charge on any atom is -0.476 e. The number of nitrogens with one attached hydrogen (secondary N) is 1. The third-order valence-electron chi connectivity index (χ3n) is 2.08. The number of benzene rings is 1. The molecule has 0 fully saturated rings. The molecule has 0 saturated heterocycles. The predicted molar refractivity (Wildman–Crippen MR) is 71.4 cm³/mol. The molecule has 0 radical (unpaired) electrons. The van der Waals surface area contributed by atoms with Gasteiger partial charge in [-0.1, -0.05) is 11.6 Å². The number of halogens is 2. The molecule has 0 spiro atoms. The number of anilines is 2. The second kappa shape index (κ2) is 5.32. The number of carboxylic acid groups (broad SMARTS) is 1. The molecule has 7 heteroatoms. The van der Waals surface area contributed by atoms with Crippen LogP contribution in [0.15, 0.2) is 34.8 Å². The minimum atomic E-state index is -1.11. The maximum Gasteiger partial charge on any atom is 0.356 e. The van der Waals surface area contributed by atoms with E-state index >= 15 is 0 Å². The van der Waals surface area contributed by atoms with Crippen LogP contribution < -0.4 is 5.32 Å². The Hall–Kier alpha value is -1.66. The van der Waals surface area contributed by atoms with Crippen molar-refractivity contribution in [2.45, 2.75) is 0 Å². The van der Waals surface area contributed by atoms with Crippen molar-refractivity contribution in [2.75, 3.05) is 5.32 Å². The summed E-state index contributed by atoms with van der Waals surface area (Å²) in [6.07, 6.45) is 0. The van der Waals surface area contributed by atoms with Crippen molar-refractivity contribution < 1.29 is 9.90 Å². The van der Waals surface area contributed by atoms with Gasteiger partial charge in [0.2, 0.25) is 0 Å². The molecule has 0 amide bonds. The number of hydrogen-bond acceptors (Lipinski definition) is 4. The predicted octanol–water partition coefficient (Wildman–Crippen LogP) is 3.33. The van der Waals surface area contributed by atoms with Crippen LogP contribution in [-0.2, 0) is 0 Å². The van der Waals surface area contributed by atoms with E-state index in [9.17, 15) is 4.79 Å². The number of carboxylic acids is 1. The molecule has 0 aliphatic carbocycles. The molecule has 1 aromatic heterocycles. The zero-order chi connectivity index (χ0) is 13.1. The van der Waals surface area contributed by atoms with Crippen molar-refractivity contribution >= 4 is 45.0 Å². The fourth-order valence-corrected chi connectivity index (χ4v) is 2.02. The molecule has 5 nitrogen and oxygen atoms in total. The SMILES string of the molecule is O=C(O)c1ccc(Nc2ccc(Cl)cc2Br)nn1. The Kier molecular flexibility index (Phi) is 3.78. The van der Waals surface area contributed by atoms with E-state index in [-0.39, 0.29) is 5.69 Å². The van der Waals surface area contributed by atoms with Gasteiger partial charge in [-0.2, -0.15) is 0 Å². The maximum atomic E-state index is 10.6. The summed E-state index contributed by atoms with van der Waals surface area (Å²) in [5.41, 5.74) is 0.660. The maximum absolute atomic E-state index is 10.6. The first-order valence-corrected chi connectivity index (χ1v) is 6.02. The van der Waals surface area contributed by atoms with Crippen molar-refractivity contribution in [3.8, 4) is 0 Å². The van der Waals surface area contributed by atoms with Crippen LogP contribution in [0.5, 0.6) is 0 Å². The summed E-state index contributed by atoms with van der Waals surface area (Å²) in [7, 11) is 0. The quantitative estimate of drug-likeness (QED) is 0.904. The average Bonchev–Trinajstić information content (AvgIpc) is 2.33. The fourth-order valence-electron chi connectivity index (χ4n) is 1.24. The molecule has 92 valence electrons. The highest BCUT2D eigenvalue weighted by Gasteiger charge is 2.06. The molecule has 0 unspecified atom stereocenters. The third-order valence-corrected chi connectivity index (χ3v) is 2.97. The largest absolute Gasteiger partial charge is 0.476 e. The summed E-state index contributed by atoms with van der Waals surface area (Å²) in [4.78, 5) is 10.6. The highest BCUT2D eigenvalue weighted by atomic mass is 79.9. The Balaban J connectivity index is 2.21. The van der Waals surface area contributed by atoms with Gasteiger partial charge in [0.25, 0.3) is 0 Å². The lowest BCUT2D eigenvalue weighted by Crippen LogP contribution is -2.03. The van der Waals surface area contributed by atoms with Crippen molar-refractivity contribution in [3.05, 3.63) is 45.5 Å². The van der Waals surface area contributed by atoms with Gasteiger partial charge >= 0.3 is 5.97 Å². The Labute approximate surface area is 116 Å². The van der Waals surface area contributed by atoms with Crippen LogP contribution in [0.4, 0.5) is 11.5 Å². The lowest BCUT2D eigenvalue weighted by atomic mass is 10.3. The molecular weight excluding hydrogens is 321 g/mol. The van der Waals surface area contributed by atoms with E-state index in [0.717, 1.165) is 10.2 Å². The number of nitrogens with zero attached hydrogens (tertiary/aromatic N) is 2. The molecule has 18 heavy (non-hydrogen) atoms. The van der Waals surface area contributed by atoms with Gasteiger partial charge in [0, 0.05) is 9.50 Å². The van der Waals surface area contributed by atoms with Gasteiger partial charge in [0.05, 0.1) is 5.69 Å². The van der Waals surface area contributed by atoms with Gasteiger partial charge < -0.3 is 10.4 Å². The van der Waals surface area contributed by atoms with Crippen LogP contribution in [0.1, 0.15) is 10.5 Å². The first-order valence-electron chi connectivity index (χ1n) is 4.85. The molecule has 2 aromatic rings. The summed E-state index contributed by atoms with van der Waals surface area (Å²) in [6, 6.07) is 8.16. The molecular formula is C11H7BrClN3O2. The van der Waals surface area contributed by atoms with Gasteiger partial charge in [0.1, 0.15) is 0 Å². The summed E-state index contributed by atoms with van der Waals surface area (Å²) in [5.74, 6) is -0.662. The summed E-state index contributed by atoms with van der Waals surface area (Å²) in [6.45, 7) is 0. The van der Waals surface area contributed by atoms with E-state index in [4.69, 9.17) is 16.7 Å². The van der Waals surface area contributed by atoms with Crippen LogP contribution in [0.3, 0.4) is 0 Å². The topological polar surface area (TPSA) is 75.1 Å². The number of hydrogen-bond donors (Lipinski definition) is 2. The van der Waals surface area contributed by atoms with Crippen molar-refractivity contribution in [2.24, 2.45) is 0 Å². The fraction of sp³-hybridized carbons (Fsp3) is 0. The normalized spacial score (nSPS) is 10.1. The highest BCUT2D eigenvalue weighted by molar-refractivity contribution is 9.10.